The van der Waals surface area contributed by atoms with Gasteiger partial charge in [0.25, 0.3) is 5.91 Å². The van der Waals surface area contributed by atoms with Crippen LogP contribution in [0.4, 0.5) is 0 Å². The maximum atomic E-state index is 13.4. The number of rotatable bonds is 9. The Hall–Kier alpha value is -3.30. The number of ether oxygens (including phenoxy) is 3. The van der Waals surface area contributed by atoms with Crippen LogP contribution < -0.4 is 19.5 Å². The Balaban J connectivity index is 1.92. The summed E-state index contributed by atoms with van der Waals surface area (Å²) >= 11 is 5.91. The molecule has 1 aromatic heterocycles. The van der Waals surface area contributed by atoms with Crippen molar-refractivity contribution in [1.29, 1.82) is 0 Å². The number of methoxy groups -OCH3 is 3. The van der Waals surface area contributed by atoms with Gasteiger partial charge in [0, 0.05) is 29.5 Å². The maximum absolute atomic E-state index is 13.4. The predicted octanol–water partition coefficient (Wildman–Crippen LogP) is 3.71. The predicted molar refractivity (Wildman–Crippen MR) is 124 cm³/mol. The topological polar surface area (TPSA) is 104 Å². The van der Waals surface area contributed by atoms with Crippen LogP contribution in [0.5, 0.6) is 17.2 Å². The van der Waals surface area contributed by atoms with Crippen molar-refractivity contribution in [3.05, 3.63) is 77.1 Å². The number of hydrogen-bond acceptors (Lipinski definition) is 7. The monoisotopic (exact) mass is 490 g/mol. The minimum Gasteiger partial charge on any atom is -0.493 e. The molecule has 0 radical (unpaired) electrons. The quantitative estimate of drug-likeness (QED) is 0.487. The Labute approximate surface area is 197 Å². The first kappa shape index (κ1) is 24.3. The van der Waals surface area contributed by atoms with E-state index in [4.69, 9.17) is 25.8 Å². The number of halogens is 1. The second-order valence-electron chi connectivity index (χ2n) is 6.90. The first-order valence-corrected chi connectivity index (χ1v) is 11.7. The third-order valence-corrected chi connectivity index (χ3v) is 7.32. The molecule has 0 spiro atoms. The van der Waals surface area contributed by atoms with E-state index in [0.29, 0.717) is 27.8 Å². The van der Waals surface area contributed by atoms with Gasteiger partial charge in [-0.2, -0.15) is 0 Å². The third-order valence-electron chi connectivity index (χ3n) is 4.95. The van der Waals surface area contributed by atoms with E-state index >= 15 is 0 Å². The molecule has 0 bridgehead atoms. The number of carbonyl (C=O) groups is 1. The Morgan fingerprint density at radius 1 is 1.03 bits per heavy atom. The molecule has 1 amide bonds. The number of aromatic nitrogens is 1. The Kier molecular flexibility index (Phi) is 7.78. The van der Waals surface area contributed by atoms with E-state index in [1.165, 1.54) is 63.9 Å². The summed E-state index contributed by atoms with van der Waals surface area (Å²) in [6.45, 7) is -0.188. The summed E-state index contributed by atoms with van der Waals surface area (Å²) in [4.78, 5) is 17.1. The van der Waals surface area contributed by atoms with Gasteiger partial charge in [-0.25, -0.2) is 8.42 Å². The Bertz CT molecular complexity index is 1190. The molecule has 0 unspecified atom stereocenters. The molecule has 1 N–H and O–H groups in total. The van der Waals surface area contributed by atoms with Crippen LogP contribution >= 0.6 is 11.6 Å². The minimum atomic E-state index is -3.87. The lowest BCUT2D eigenvalue weighted by Crippen LogP contribution is -2.32. The van der Waals surface area contributed by atoms with Crippen molar-refractivity contribution in [3.63, 3.8) is 0 Å². The fraction of sp³-hybridized carbons (Fsp3) is 0.217. The fourth-order valence-electron chi connectivity index (χ4n) is 3.26. The second kappa shape index (κ2) is 10.5. The summed E-state index contributed by atoms with van der Waals surface area (Å²) < 4.78 is 42.6. The lowest BCUT2D eigenvalue weighted by Gasteiger charge is -2.19. The molecule has 174 valence electrons. The van der Waals surface area contributed by atoms with Crippen LogP contribution in [0.25, 0.3) is 0 Å². The van der Waals surface area contributed by atoms with E-state index in [1.54, 1.807) is 18.3 Å². The molecular formula is C23H23ClN2O6S. The van der Waals surface area contributed by atoms with Crippen LogP contribution in [0.3, 0.4) is 0 Å². The van der Waals surface area contributed by atoms with Crippen LogP contribution in [0.1, 0.15) is 21.2 Å². The van der Waals surface area contributed by atoms with Gasteiger partial charge in [0.15, 0.2) is 21.3 Å². The van der Waals surface area contributed by atoms with Gasteiger partial charge in [-0.05, 0) is 48.0 Å². The lowest BCUT2D eigenvalue weighted by molar-refractivity contribution is 0.0953. The highest BCUT2D eigenvalue weighted by atomic mass is 35.5. The molecule has 0 aliphatic carbocycles. The normalized spacial score (nSPS) is 12.0. The second-order valence-corrected chi connectivity index (χ2v) is 9.46. The number of carbonyl (C=O) groups excluding carboxylic acids is 1. The molecule has 3 aromatic rings. The van der Waals surface area contributed by atoms with Gasteiger partial charge >= 0.3 is 0 Å². The smallest absolute Gasteiger partial charge is 0.251 e. The largest absolute Gasteiger partial charge is 0.493 e. The average Bonchev–Trinajstić information content (AvgIpc) is 2.83. The van der Waals surface area contributed by atoms with Crippen molar-refractivity contribution in [2.75, 3.05) is 27.9 Å². The van der Waals surface area contributed by atoms with Gasteiger partial charge < -0.3 is 19.5 Å². The van der Waals surface area contributed by atoms with Gasteiger partial charge in [0.05, 0.1) is 26.2 Å². The number of nitrogens with one attached hydrogen (secondary N) is 1. The molecule has 10 heteroatoms. The summed E-state index contributed by atoms with van der Waals surface area (Å²) in [7, 11) is 0.472. The van der Waals surface area contributed by atoms with Gasteiger partial charge in [-0.15, -0.1) is 0 Å². The summed E-state index contributed by atoms with van der Waals surface area (Å²) in [5.74, 6) is 0.448. The first-order chi connectivity index (χ1) is 15.8. The molecule has 0 saturated heterocycles. The fourth-order valence-corrected chi connectivity index (χ4v) is 5.03. The zero-order valence-corrected chi connectivity index (χ0v) is 19.8. The minimum absolute atomic E-state index is 0.0859. The molecule has 1 heterocycles. The first-order valence-electron chi connectivity index (χ1n) is 9.79. The highest BCUT2D eigenvalue weighted by molar-refractivity contribution is 7.91. The average molecular weight is 491 g/mol. The standard InChI is InChI=1S/C23H23ClN2O6S/c1-30-19-11-16(12-20(31-2)22(19)32-3)23(27)26-14-21(15-5-4-10-25-13-15)33(28,29)18-8-6-17(24)7-9-18/h4-13,21H,14H2,1-3H3,(H,26,27)/t21-/m0/s1. The van der Waals surface area contributed by atoms with Crippen molar-refractivity contribution >= 4 is 27.3 Å². The van der Waals surface area contributed by atoms with Gasteiger partial charge in [0.1, 0.15) is 5.25 Å². The Morgan fingerprint density at radius 3 is 2.18 bits per heavy atom. The van der Waals surface area contributed by atoms with E-state index in [9.17, 15) is 13.2 Å². The van der Waals surface area contributed by atoms with Crippen LogP contribution in [0, 0.1) is 0 Å². The summed E-state index contributed by atoms with van der Waals surface area (Å²) in [6, 6.07) is 12.1. The summed E-state index contributed by atoms with van der Waals surface area (Å²) in [5.41, 5.74) is 0.663. The molecule has 2 aromatic carbocycles. The molecule has 0 saturated carbocycles. The number of amides is 1. The number of nitrogens with zero attached hydrogens (tertiary/aromatic N) is 1. The number of hydrogen-bond donors (Lipinski definition) is 1. The van der Waals surface area contributed by atoms with E-state index < -0.39 is 21.0 Å². The summed E-state index contributed by atoms with van der Waals surface area (Å²) in [5, 5.41) is 2.05. The van der Waals surface area contributed by atoms with Crippen molar-refractivity contribution in [3.8, 4) is 17.2 Å². The third kappa shape index (κ3) is 5.37. The van der Waals surface area contributed by atoms with E-state index in [1.807, 2.05) is 0 Å². The van der Waals surface area contributed by atoms with Crippen molar-refractivity contribution < 1.29 is 27.4 Å². The zero-order valence-electron chi connectivity index (χ0n) is 18.2. The zero-order chi connectivity index (χ0) is 24.0. The Morgan fingerprint density at radius 2 is 1.67 bits per heavy atom. The van der Waals surface area contributed by atoms with Crippen LogP contribution in [-0.4, -0.2) is 47.2 Å². The van der Waals surface area contributed by atoms with Crippen LogP contribution in [-0.2, 0) is 9.84 Å². The molecule has 8 nitrogen and oxygen atoms in total. The summed E-state index contributed by atoms with van der Waals surface area (Å²) in [6.07, 6.45) is 3.01. The van der Waals surface area contributed by atoms with E-state index in [-0.39, 0.29) is 17.0 Å². The highest BCUT2D eigenvalue weighted by Gasteiger charge is 2.30. The van der Waals surface area contributed by atoms with E-state index in [2.05, 4.69) is 10.3 Å². The van der Waals surface area contributed by atoms with Crippen molar-refractivity contribution in [1.82, 2.24) is 10.3 Å². The molecule has 0 fully saturated rings. The molecule has 0 aliphatic rings. The van der Waals surface area contributed by atoms with Gasteiger partial charge in [-0.3, -0.25) is 9.78 Å². The lowest BCUT2D eigenvalue weighted by atomic mass is 10.1. The van der Waals surface area contributed by atoms with Crippen molar-refractivity contribution in [2.24, 2.45) is 0 Å². The molecule has 0 aliphatic heterocycles. The molecular weight excluding hydrogens is 468 g/mol. The molecule has 33 heavy (non-hydrogen) atoms. The van der Waals surface area contributed by atoms with Gasteiger partial charge in [0.2, 0.25) is 5.75 Å². The van der Waals surface area contributed by atoms with Gasteiger partial charge in [-0.1, -0.05) is 17.7 Å². The SMILES string of the molecule is COc1cc(C(=O)NC[C@@H](c2cccnc2)S(=O)(=O)c2ccc(Cl)cc2)cc(OC)c1OC. The van der Waals surface area contributed by atoms with E-state index in [0.717, 1.165) is 0 Å². The number of benzene rings is 2. The van der Waals surface area contributed by atoms with Crippen LogP contribution in [0.2, 0.25) is 5.02 Å². The van der Waals surface area contributed by atoms with Crippen LogP contribution in [0.15, 0.2) is 65.8 Å². The number of pyridine rings is 1. The maximum Gasteiger partial charge on any atom is 0.251 e. The highest BCUT2D eigenvalue weighted by Crippen LogP contribution is 2.38. The molecule has 1 atom stereocenters. The number of sulfone groups is 1. The molecule has 3 rings (SSSR count). The van der Waals surface area contributed by atoms with Crippen molar-refractivity contribution in [2.45, 2.75) is 10.1 Å².